The molecule has 0 radical (unpaired) electrons. The van der Waals surface area contributed by atoms with E-state index in [1.807, 2.05) is 32.0 Å². The van der Waals surface area contributed by atoms with Crippen molar-refractivity contribution in [3.63, 3.8) is 0 Å². The molecule has 19 heavy (non-hydrogen) atoms. The standard InChI is InChI=1S/C14H22N2O3/c1-5-18-11-7-6-8-12(13(11)14(17)15-2)19-10-9-16(3)4/h6-8H,5,9-10H2,1-4H3,(H,15,17). The molecule has 1 aromatic rings. The summed E-state index contributed by atoms with van der Waals surface area (Å²) in [4.78, 5) is 14.0. The number of hydrogen-bond acceptors (Lipinski definition) is 4. The summed E-state index contributed by atoms with van der Waals surface area (Å²) < 4.78 is 11.2. The fraction of sp³-hybridized carbons (Fsp3) is 0.500. The SMILES string of the molecule is CCOc1cccc(OCCN(C)C)c1C(=O)NC. The van der Waals surface area contributed by atoms with Gasteiger partial charge in [-0.3, -0.25) is 4.79 Å². The minimum Gasteiger partial charge on any atom is -0.493 e. The smallest absolute Gasteiger partial charge is 0.258 e. The molecule has 0 aliphatic carbocycles. The van der Waals surface area contributed by atoms with E-state index in [1.165, 1.54) is 0 Å². The summed E-state index contributed by atoms with van der Waals surface area (Å²) in [5.74, 6) is 0.889. The van der Waals surface area contributed by atoms with Gasteiger partial charge in [0.25, 0.3) is 5.91 Å². The second-order valence-electron chi connectivity index (χ2n) is 4.29. The van der Waals surface area contributed by atoms with E-state index >= 15 is 0 Å². The van der Waals surface area contributed by atoms with Crippen LogP contribution in [0.25, 0.3) is 0 Å². The van der Waals surface area contributed by atoms with Crippen molar-refractivity contribution in [2.75, 3.05) is 40.9 Å². The van der Waals surface area contributed by atoms with Crippen LogP contribution in [0.5, 0.6) is 11.5 Å². The number of amides is 1. The number of carbonyl (C=O) groups is 1. The molecule has 5 heteroatoms. The van der Waals surface area contributed by atoms with Gasteiger partial charge < -0.3 is 19.7 Å². The van der Waals surface area contributed by atoms with Crippen LogP contribution in [0.15, 0.2) is 18.2 Å². The zero-order valence-corrected chi connectivity index (χ0v) is 12.0. The summed E-state index contributed by atoms with van der Waals surface area (Å²) in [6, 6.07) is 5.37. The monoisotopic (exact) mass is 266 g/mol. The molecule has 106 valence electrons. The Hall–Kier alpha value is -1.75. The van der Waals surface area contributed by atoms with Crippen LogP contribution in [0, 0.1) is 0 Å². The van der Waals surface area contributed by atoms with E-state index in [2.05, 4.69) is 5.32 Å². The molecule has 0 saturated heterocycles. The Morgan fingerprint density at radius 2 is 1.89 bits per heavy atom. The molecule has 0 unspecified atom stereocenters. The molecule has 1 amide bonds. The lowest BCUT2D eigenvalue weighted by molar-refractivity contribution is 0.0954. The van der Waals surface area contributed by atoms with Crippen LogP contribution < -0.4 is 14.8 Å². The zero-order chi connectivity index (χ0) is 14.3. The van der Waals surface area contributed by atoms with Gasteiger partial charge in [-0.15, -0.1) is 0 Å². The molecular formula is C14H22N2O3. The quantitative estimate of drug-likeness (QED) is 0.810. The number of likely N-dealkylation sites (N-methyl/N-ethyl adjacent to an activating group) is 1. The highest BCUT2D eigenvalue weighted by atomic mass is 16.5. The largest absolute Gasteiger partial charge is 0.493 e. The average molecular weight is 266 g/mol. The molecule has 0 bridgehead atoms. The Balaban J connectivity index is 2.94. The maximum absolute atomic E-state index is 11.9. The summed E-state index contributed by atoms with van der Waals surface area (Å²) in [6.07, 6.45) is 0. The first-order valence-electron chi connectivity index (χ1n) is 6.35. The first kappa shape index (κ1) is 15.3. The number of rotatable bonds is 7. The van der Waals surface area contributed by atoms with Crippen LogP contribution in [0.4, 0.5) is 0 Å². The summed E-state index contributed by atoms with van der Waals surface area (Å²) in [7, 11) is 5.54. The van der Waals surface area contributed by atoms with E-state index in [0.717, 1.165) is 6.54 Å². The van der Waals surface area contributed by atoms with E-state index in [4.69, 9.17) is 9.47 Å². The molecule has 1 N–H and O–H groups in total. The van der Waals surface area contributed by atoms with Crippen LogP contribution in [0.2, 0.25) is 0 Å². The van der Waals surface area contributed by atoms with Crippen LogP contribution in [-0.4, -0.2) is 51.7 Å². The highest BCUT2D eigenvalue weighted by molar-refractivity contribution is 5.99. The van der Waals surface area contributed by atoms with Crippen LogP contribution in [0.1, 0.15) is 17.3 Å². The van der Waals surface area contributed by atoms with E-state index in [9.17, 15) is 4.79 Å². The summed E-state index contributed by atoms with van der Waals surface area (Å²) in [6.45, 7) is 3.69. The maximum Gasteiger partial charge on any atom is 0.258 e. The maximum atomic E-state index is 11.9. The highest BCUT2D eigenvalue weighted by Gasteiger charge is 2.17. The fourth-order valence-electron chi connectivity index (χ4n) is 1.59. The number of nitrogens with zero attached hydrogens (tertiary/aromatic N) is 1. The first-order valence-corrected chi connectivity index (χ1v) is 6.35. The lowest BCUT2D eigenvalue weighted by Crippen LogP contribution is -2.23. The molecule has 0 fully saturated rings. The number of benzene rings is 1. The predicted molar refractivity (Wildman–Crippen MR) is 75.1 cm³/mol. The normalized spacial score (nSPS) is 10.4. The Morgan fingerprint density at radius 1 is 1.26 bits per heavy atom. The van der Waals surface area contributed by atoms with E-state index in [-0.39, 0.29) is 5.91 Å². The third-order valence-corrected chi connectivity index (χ3v) is 2.54. The van der Waals surface area contributed by atoms with Crippen molar-refractivity contribution in [2.45, 2.75) is 6.92 Å². The summed E-state index contributed by atoms with van der Waals surface area (Å²) >= 11 is 0. The van der Waals surface area contributed by atoms with Gasteiger partial charge in [-0.1, -0.05) is 6.07 Å². The molecule has 0 saturated carbocycles. The molecule has 0 spiro atoms. The lowest BCUT2D eigenvalue weighted by atomic mass is 10.1. The summed E-state index contributed by atoms with van der Waals surface area (Å²) in [5.41, 5.74) is 0.450. The van der Waals surface area contributed by atoms with Gasteiger partial charge >= 0.3 is 0 Å². The van der Waals surface area contributed by atoms with E-state index in [1.54, 1.807) is 19.2 Å². The first-order chi connectivity index (χ1) is 9.10. The molecule has 1 aromatic carbocycles. The predicted octanol–water partition coefficient (Wildman–Crippen LogP) is 1.39. The van der Waals surface area contributed by atoms with Gasteiger partial charge in [-0.05, 0) is 33.2 Å². The second kappa shape index (κ2) is 7.63. The topological polar surface area (TPSA) is 50.8 Å². The molecule has 5 nitrogen and oxygen atoms in total. The molecular weight excluding hydrogens is 244 g/mol. The fourth-order valence-corrected chi connectivity index (χ4v) is 1.59. The van der Waals surface area contributed by atoms with E-state index in [0.29, 0.717) is 30.3 Å². The lowest BCUT2D eigenvalue weighted by Gasteiger charge is -2.16. The van der Waals surface area contributed by atoms with Gasteiger partial charge in [0.05, 0.1) is 6.61 Å². The average Bonchev–Trinajstić information content (AvgIpc) is 2.38. The molecule has 0 atom stereocenters. The Morgan fingerprint density at radius 3 is 2.42 bits per heavy atom. The van der Waals surface area contributed by atoms with Gasteiger partial charge in [-0.25, -0.2) is 0 Å². The minimum atomic E-state index is -0.205. The number of hydrogen-bond donors (Lipinski definition) is 1. The molecule has 0 aromatic heterocycles. The Kier molecular flexibility index (Phi) is 6.15. The van der Waals surface area contributed by atoms with Gasteiger partial charge in [-0.2, -0.15) is 0 Å². The van der Waals surface area contributed by atoms with Gasteiger partial charge in [0.2, 0.25) is 0 Å². The van der Waals surface area contributed by atoms with Crippen molar-refractivity contribution in [1.29, 1.82) is 0 Å². The van der Waals surface area contributed by atoms with Gasteiger partial charge in [0.1, 0.15) is 23.7 Å². The third-order valence-electron chi connectivity index (χ3n) is 2.54. The van der Waals surface area contributed by atoms with Gasteiger partial charge in [0, 0.05) is 13.6 Å². The number of nitrogens with one attached hydrogen (secondary N) is 1. The Labute approximate surface area is 114 Å². The van der Waals surface area contributed by atoms with Crippen molar-refractivity contribution in [3.05, 3.63) is 23.8 Å². The summed E-state index contributed by atoms with van der Waals surface area (Å²) in [5, 5.41) is 2.61. The number of carbonyl (C=O) groups excluding carboxylic acids is 1. The second-order valence-corrected chi connectivity index (χ2v) is 4.29. The zero-order valence-electron chi connectivity index (χ0n) is 12.0. The minimum absolute atomic E-state index is 0.205. The van der Waals surface area contributed by atoms with Crippen molar-refractivity contribution < 1.29 is 14.3 Å². The van der Waals surface area contributed by atoms with Gasteiger partial charge in [0.15, 0.2) is 0 Å². The third kappa shape index (κ3) is 4.44. The highest BCUT2D eigenvalue weighted by Crippen LogP contribution is 2.28. The van der Waals surface area contributed by atoms with Crippen molar-refractivity contribution >= 4 is 5.91 Å². The molecule has 1 rings (SSSR count). The van der Waals surface area contributed by atoms with Crippen molar-refractivity contribution in [1.82, 2.24) is 10.2 Å². The van der Waals surface area contributed by atoms with Crippen LogP contribution in [0.3, 0.4) is 0 Å². The van der Waals surface area contributed by atoms with E-state index < -0.39 is 0 Å². The number of ether oxygens (including phenoxy) is 2. The van der Waals surface area contributed by atoms with Crippen LogP contribution in [-0.2, 0) is 0 Å². The Bertz CT molecular complexity index is 419. The molecule has 0 aliphatic rings. The van der Waals surface area contributed by atoms with Crippen molar-refractivity contribution in [2.24, 2.45) is 0 Å². The molecule has 0 heterocycles. The van der Waals surface area contributed by atoms with Crippen LogP contribution >= 0.6 is 0 Å². The van der Waals surface area contributed by atoms with Crippen molar-refractivity contribution in [3.8, 4) is 11.5 Å². The molecule has 0 aliphatic heterocycles.